The molecule has 590 valence electrons. The molecule has 27 aromatic rings. The summed E-state index contributed by atoms with van der Waals surface area (Å²) >= 11 is 0. The predicted molar refractivity (Wildman–Crippen MR) is 531 cm³/mol. The van der Waals surface area contributed by atoms with Gasteiger partial charge in [-0.3, -0.25) is 29.9 Å². The number of aromatic nitrogens is 9. The van der Waals surface area contributed by atoms with E-state index in [4.69, 9.17) is 15.0 Å². The fourth-order valence-electron chi connectivity index (χ4n) is 19.9. The molecule has 127 heavy (non-hydrogen) atoms. The Bertz CT molecular complexity index is 8900. The summed E-state index contributed by atoms with van der Waals surface area (Å²) in [5.41, 5.74) is 28.5. The topological polar surface area (TPSA) is 92.1 Å². The Balaban J connectivity index is 0.000000104. The number of benzene rings is 21. The molecule has 9 nitrogen and oxygen atoms in total. The highest BCUT2D eigenvalue weighted by Crippen LogP contribution is 2.44. The van der Waals surface area contributed by atoms with Crippen LogP contribution in [0, 0.1) is 0 Å². The summed E-state index contributed by atoms with van der Waals surface area (Å²) in [4.78, 5) is 28.1. The fraction of sp³-hybridized carbons (Fsp3) is 0. The minimum atomic E-state index is 0.946. The van der Waals surface area contributed by atoms with Gasteiger partial charge in [0, 0.05) is 119 Å². The zero-order valence-electron chi connectivity index (χ0n) is 68.7. The maximum atomic E-state index is 4.72. The molecule has 6 aromatic heterocycles. The maximum absolute atomic E-state index is 4.72. The van der Waals surface area contributed by atoms with Gasteiger partial charge in [-0.2, -0.15) is 0 Å². The van der Waals surface area contributed by atoms with E-state index in [9.17, 15) is 0 Å². The van der Waals surface area contributed by atoms with Gasteiger partial charge in [0.25, 0.3) is 0 Å². The van der Waals surface area contributed by atoms with E-state index in [0.29, 0.717) is 0 Å². The molecule has 6 heterocycles. The van der Waals surface area contributed by atoms with Crippen molar-refractivity contribution < 1.29 is 0 Å². The van der Waals surface area contributed by atoms with Crippen LogP contribution >= 0.6 is 0 Å². The third-order valence-electron chi connectivity index (χ3n) is 25.8. The van der Waals surface area contributed by atoms with E-state index in [1.54, 1.807) is 37.2 Å². The summed E-state index contributed by atoms with van der Waals surface area (Å²) in [5.74, 6) is 0. The van der Waals surface area contributed by atoms with Crippen molar-refractivity contribution in [1.82, 2.24) is 43.6 Å². The number of hydrogen-bond acceptors (Lipinski definition) is 6. The summed E-state index contributed by atoms with van der Waals surface area (Å²) in [7, 11) is 0. The number of para-hydroxylation sites is 6. The first-order chi connectivity index (χ1) is 63.0. The van der Waals surface area contributed by atoms with Crippen LogP contribution in [0.2, 0.25) is 0 Å². The molecule has 27 rings (SSSR count). The van der Waals surface area contributed by atoms with Gasteiger partial charge in [-0.15, -0.1) is 0 Å². The minimum Gasteiger partial charge on any atom is -0.309 e. The molecule has 9 heteroatoms. The summed E-state index contributed by atoms with van der Waals surface area (Å²) in [6.07, 6.45) is 10.7. The lowest BCUT2D eigenvalue weighted by Crippen LogP contribution is -1.94. The zero-order valence-corrected chi connectivity index (χ0v) is 68.7. The molecule has 0 amide bonds. The largest absolute Gasteiger partial charge is 0.309 e. The predicted octanol–water partition coefficient (Wildman–Crippen LogP) is 30.6. The Morgan fingerprint density at radius 3 is 0.701 bits per heavy atom. The average molecular weight is 1620 g/mol. The molecule has 0 saturated heterocycles. The van der Waals surface area contributed by atoms with Crippen LogP contribution in [-0.4, -0.2) is 43.6 Å². The van der Waals surface area contributed by atoms with Gasteiger partial charge in [-0.1, -0.05) is 309 Å². The van der Waals surface area contributed by atoms with Crippen LogP contribution in [0.5, 0.6) is 0 Å². The van der Waals surface area contributed by atoms with Gasteiger partial charge in [-0.05, 0) is 196 Å². The second-order valence-electron chi connectivity index (χ2n) is 32.8. The molecular weight excluding hydrogens is 1540 g/mol. The van der Waals surface area contributed by atoms with Gasteiger partial charge in [0.1, 0.15) is 0 Å². The number of fused-ring (bicyclic) bond motifs is 28. The highest BCUT2D eigenvalue weighted by Gasteiger charge is 2.21. The average Bonchev–Trinajstić information content (AvgIpc) is 1.43. The second kappa shape index (κ2) is 29.9. The van der Waals surface area contributed by atoms with Crippen molar-refractivity contribution in [2.45, 2.75) is 0 Å². The second-order valence-corrected chi connectivity index (χ2v) is 32.8. The molecule has 0 saturated carbocycles. The van der Waals surface area contributed by atoms with Crippen LogP contribution < -0.4 is 0 Å². The van der Waals surface area contributed by atoms with Crippen LogP contribution in [0.15, 0.2) is 444 Å². The first-order valence-corrected chi connectivity index (χ1v) is 43.1. The fourth-order valence-corrected chi connectivity index (χ4v) is 19.9. The Morgan fingerprint density at radius 1 is 0.126 bits per heavy atom. The van der Waals surface area contributed by atoms with Gasteiger partial charge in [0.05, 0.1) is 66.2 Å². The number of hydrogen-bond donors (Lipinski definition) is 0. The normalized spacial score (nSPS) is 11.8. The molecule has 0 fully saturated rings. The van der Waals surface area contributed by atoms with Crippen LogP contribution in [0.1, 0.15) is 0 Å². The van der Waals surface area contributed by atoms with Crippen molar-refractivity contribution in [2.24, 2.45) is 0 Å². The van der Waals surface area contributed by atoms with Crippen molar-refractivity contribution in [3.63, 3.8) is 0 Å². The standard InChI is InChI=1S/2C40H25N3.C38H23N3/c1-2-13-34-31(10-1)36-25-29(20-21-35(36)40-39(34)41-22-23-42-40)27-18-16-26(17-19-27)28-8-7-9-30(24-28)43-37-14-5-3-11-32(37)33-12-4-6-15-38(33)43;1-2-10-34-31(7-1)36-25-29(19-22-35(36)40-39(34)41-23-24-42-40)28-15-13-26(14-16-28)27-17-20-30(21-18-27)43-37-11-5-3-8-32(37)33-9-4-6-12-38(33)43;1-2-10-32-29(7-1)34-23-26(16-18-33(34)38-37(32)39-19-20-40-38)25-14-13-24-15-17-28(22-27(24)21-25)41-35-11-5-3-8-30(35)31-9-4-6-12-36(31)41/h2*1-25H;1-23H. The Labute approximate surface area is 728 Å². The third kappa shape index (κ3) is 12.2. The third-order valence-corrected chi connectivity index (χ3v) is 25.8. The van der Waals surface area contributed by atoms with E-state index in [2.05, 4.69) is 435 Å². The van der Waals surface area contributed by atoms with Crippen LogP contribution in [0.25, 0.3) is 247 Å². The van der Waals surface area contributed by atoms with E-state index in [1.165, 1.54) is 176 Å². The van der Waals surface area contributed by atoms with Crippen LogP contribution in [0.4, 0.5) is 0 Å². The molecule has 0 radical (unpaired) electrons. The molecule has 0 aliphatic carbocycles. The summed E-state index contributed by atoms with van der Waals surface area (Å²) < 4.78 is 7.11. The van der Waals surface area contributed by atoms with E-state index in [-0.39, 0.29) is 0 Å². The van der Waals surface area contributed by atoms with Crippen molar-refractivity contribution in [2.75, 3.05) is 0 Å². The number of nitrogens with zero attached hydrogens (tertiary/aromatic N) is 9. The highest BCUT2D eigenvalue weighted by molar-refractivity contribution is 6.26. The van der Waals surface area contributed by atoms with Gasteiger partial charge in [0.2, 0.25) is 0 Å². The SMILES string of the molecule is c1cc(-c2ccc(-c3ccc4c(c3)c3ccccc3c3nccnc43)cc2)cc(-n2c3ccccc3c3ccccc32)c1.c1ccc2c(c1)c1cc(-c3ccc(-c4ccc(-n5c6ccccc6c6ccccc65)cc4)cc3)ccc1c1nccnc21.c1ccc2c(c1)c1cc(-c3ccc4ccc(-n5c6ccccc6c6ccccc65)cc4c3)ccc1c1nccnc21. The van der Waals surface area contributed by atoms with Crippen molar-refractivity contribution in [3.05, 3.63) is 444 Å². The van der Waals surface area contributed by atoms with Gasteiger partial charge in [0.15, 0.2) is 0 Å². The van der Waals surface area contributed by atoms with Crippen molar-refractivity contribution in [3.8, 4) is 72.7 Å². The first-order valence-electron chi connectivity index (χ1n) is 43.1. The summed E-state index contributed by atoms with van der Waals surface area (Å²) in [6, 6.07) is 147. The molecular formula is C118H73N9. The van der Waals surface area contributed by atoms with Crippen LogP contribution in [-0.2, 0) is 0 Å². The highest BCUT2D eigenvalue weighted by atomic mass is 15.0. The first kappa shape index (κ1) is 72.7. The summed E-state index contributed by atoms with van der Waals surface area (Å²) in [6.45, 7) is 0. The van der Waals surface area contributed by atoms with E-state index < -0.39 is 0 Å². The van der Waals surface area contributed by atoms with E-state index >= 15 is 0 Å². The quantitative estimate of drug-likeness (QED) is 0.141. The molecule has 0 unspecified atom stereocenters. The van der Waals surface area contributed by atoms with Gasteiger partial charge >= 0.3 is 0 Å². The monoisotopic (exact) mass is 1620 g/mol. The molecule has 0 spiro atoms. The Hall–Kier alpha value is -17.1. The number of rotatable bonds is 8. The molecule has 21 aromatic carbocycles. The lowest BCUT2D eigenvalue weighted by Gasteiger charge is -2.12. The lowest BCUT2D eigenvalue weighted by molar-refractivity contribution is 1.18. The molecule has 0 aliphatic heterocycles. The van der Waals surface area contributed by atoms with Crippen molar-refractivity contribution in [1.29, 1.82) is 0 Å². The smallest absolute Gasteiger partial charge is 0.0971 e. The van der Waals surface area contributed by atoms with Crippen molar-refractivity contribution >= 4 is 174 Å². The molecule has 0 atom stereocenters. The minimum absolute atomic E-state index is 0.946. The van der Waals surface area contributed by atoms with E-state index in [0.717, 1.165) is 71.1 Å². The van der Waals surface area contributed by atoms with Gasteiger partial charge in [-0.25, -0.2) is 0 Å². The van der Waals surface area contributed by atoms with Crippen LogP contribution in [0.3, 0.4) is 0 Å². The maximum Gasteiger partial charge on any atom is 0.0971 e. The Morgan fingerprint density at radius 2 is 0.354 bits per heavy atom. The Kier molecular flexibility index (Phi) is 17.1. The molecule has 0 aliphatic rings. The zero-order chi connectivity index (χ0) is 83.6. The molecule has 0 N–H and O–H groups in total. The molecule has 0 bridgehead atoms. The summed E-state index contributed by atoms with van der Waals surface area (Å²) in [5, 5.41) is 24.1. The van der Waals surface area contributed by atoms with E-state index in [1.807, 2.05) is 0 Å². The lowest BCUT2D eigenvalue weighted by atomic mass is 9.94. The van der Waals surface area contributed by atoms with Gasteiger partial charge < -0.3 is 13.7 Å².